The van der Waals surface area contributed by atoms with E-state index in [-0.39, 0.29) is 24.4 Å². The number of ether oxygens (including phenoxy) is 4. The minimum Gasteiger partial charge on any atom is -0.496 e. The van der Waals surface area contributed by atoms with Gasteiger partial charge in [-0.3, -0.25) is 0 Å². The fraction of sp³-hybridized carbons (Fsp3) is 0.250. The second-order valence-electron chi connectivity index (χ2n) is 9.64. The number of rotatable bonds is 11. The molecule has 0 amide bonds. The SMILES string of the molecule is CCCCc1occ(C=C(Cc2cc3c(cc2OC)OCO3)C(=O)O)c1-c1ccc(OC)c2ccc(C(=O)O)cc12. The number of carbonyl (C=O) groups is 2. The Morgan fingerprint density at radius 3 is 2.39 bits per heavy atom. The van der Waals surface area contributed by atoms with Gasteiger partial charge in [0.2, 0.25) is 6.79 Å². The summed E-state index contributed by atoms with van der Waals surface area (Å²) in [5.41, 5.74) is 2.87. The first kappa shape index (κ1) is 27.6. The smallest absolute Gasteiger partial charge is 0.335 e. The molecule has 0 spiro atoms. The monoisotopic (exact) mass is 558 g/mol. The molecule has 4 aromatic rings. The van der Waals surface area contributed by atoms with Gasteiger partial charge in [0, 0.05) is 46.6 Å². The number of aliphatic carboxylic acids is 1. The van der Waals surface area contributed by atoms with Crippen molar-refractivity contribution in [2.75, 3.05) is 21.0 Å². The normalized spacial score (nSPS) is 12.5. The summed E-state index contributed by atoms with van der Waals surface area (Å²) in [6, 6.07) is 11.9. The molecule has 0 bridgehead atoms. The molecule has 212 valence electrons. The standard InChI is InChI=1S/C32H30O9/c1-4-5-6-26-30(23-9-10-25(37-2)22-8-7-18(31(33)34)13-24(22)23)21(16-39-26)12-20(32(35)36)11-19-14-28-29(41-17-40-28)15-27(19)38-3/h7-10,12-16H,4-6,11,17H2,1-3H3,(H,33,34)(H,35,36). The van der Waals surface area contributed by atoms with E-state index in [9.17, 15) is 19.8 Å². The van der Waals surface area contributed by atoms with Crippen LogP contribution < -0.4 is 18.9 Å². The maximum absolute atomic E-state index is 12.5. The third-order valence-electron chi connectivity index (χ3n) is 7.13. The number of carboxylic acids is 2. The van der Waals surface area contributed by atoms with Crippen LogP contribution in [-0.4, -0.2) is 43.2 Å². The van der Waals surface area contributed by atoms with Crippen LogP contribution in [-0.2, 0) is 17.6 Å². The fourth-order valence-electron chi connectivity index (χ4n) is 5.07. The average Bonchev–Trinajstić information content (AvgIpc) is 3.60. The summed E-state index contributed by atoms with van der Waals surface area (Å²) in [5, 5.41) is 21.3. The molecule has 5 rings (SSSR count). The topological polar surface area (TPSA) is 125 Å². The highest BCUT2D eigenvalue weighted by molar-refractivity contribution is 6.05. The van der Waals surface area contributed by atoms with E-state index in [0.29, 0.717) is 57.3 Å². The Morgan fingerprint density at radius 2 is 1.71 bits per heavy atom. The van der Waals surface area contributed by atoms with Crippen LogP contribution in [0.4, 0.5) is 0 Å². The highest BCUT2D eigenvalue weighted by Gasteiger charge is 2.23. The second kappa shape index (κ2) is 11.7. The minimum atomic E-state index is -1.10. The second-order valence-corrected chi connectivity index (χ2v) is 9.64. The van der Waals surface area contributed by atoms with Crippen molar-refractivity contribution in [1.29, 1.82) is 0 Å². The van der Waals surface area contributed by atoms with Crippen LogP contribution in [0.2, 0.25) is 0 Å². The van der Waals surface area contributed by atoms with Crippen molar-refractivity contribution >= 4 is 28.8 Å². The summed E-state index contributed by atoms with van der Waals surface area (Å²) in [7, 11) is 3.07. The quantitative estimate of drug-likeness (QED) is 0.196. The zero-order chi connectivity index (χ0) is 29.1. The van der Waals surface area contributed by atoms with E-state index < -0.39 is 11.9 Å². The number of fused-ring (bicyclic) bond motifs is 2. The van der Waals surface area contributed by atoms with Crippen LogP contribution >= 0.6 is 0 Å². The first-order valence-electron chi connectivity index (χ1n) is 13.2. The maximum atomic E-state index is 12.5. The number of hydrogen-bond donors (Lipinski definition) is 2. The number of furan rings is 1. The number of aryl methyl sites for hydroxylation is 1. The summed E-state index contributed by atoms with van der Waals surface area (Å²) in [6.45, 7) is 2.16. The van der Waals surface area contributed by atoms with Gasteiger partial charge in [0.25, 0.3) is 0 Å². The third-order valence-corrected chi connectivity index (χ3v) is 7.13. The Labute approximate surface area is 236 Å². The molecule has 0 fully saturated rings. The van der Waals surface area contributed by atoms with E-state index in [0.717, 1.165) is 23.8 Å². The lowest BCUT2D eigenvalue weighted by Crippen LogP contribution is -2.05. The number of aromatic carboxylic acids is 1. The molecule has 0 unspecified atom stereocenters. The fourth-order valence-corrected chi connectivity index (χ4v) is 5.07. The molecule has 0 saturated heterocycles. The predicted molar refractivity (Wildman–Crippen MR) is 152 cm³/mol. The minimum absolute atomic E-state index is 0.0522. The van der Waals surface area contributed by atoms with Crippen LogP contribution in [0.25, 0.3) is 28.0 Å². The van der Waals surface area contributed by atoms with Crippen molar-refractivity contribution in [3.8, 4) is 34.1 Å². The zero-order valence-electron chi connectivity index (χ0n) is 23.0. The third kappa shape index (κ3) is 5.43. The van der Waals surface area contributed by atoms with Crippen molar-refractivity contribution in [3.05, 3.63) is 76.8 Å². The predicted octanol–water partition coefficient (Wildman–Crippen LogP) is 6.60. The summed E-state index contributed by atoms with van der Waals surface area (Å²) in [5.74, 6) is 0.685. The van der Waals surface area contributed by atoms with Crippen molar-refractivity contribution in [3.63, 3.8) is 0 Å². The molecule has 1 aromatic heterocycles. The molecule has 1 aliphatic rings. The summed E-state index contributed by atoms with van der Waals surface area (Å²) in [6.07, 6.45) is 5.62. The molecular formula is C32H30O9. The Hall–Kier alpha value is -4.92. The van der Waals surface area contributed by atoms with Crippen LogP contribution in [0.1, 0.15) is 47.0 Å². The van der Waals surface area contributed by atoms with E-state index in [1.165, 1.54) is 13.2 Å². The Balaban J connectivity index is 1.68. The molecule has 1 aliphatic heterocycles. The highest BCUT2D eigenvalue weighted by Crippen LogP contribution is 2.42. The van der Waals surface area contributed by atoms with Crippen molar-refractivity contribution in [2.45, 2.75) is 32.6 Å². The first-order valence-corrected chi connectivity index (χ1v) is 13.2. The van der Waals surface area contributed by atoms with E-state index >= 15 is 0 Å². The molecule has 0 saturated carbocycles. The van der Waals surface area contributed by atoms with Gasteiger partial charge in [-0.2, -0.15) is 0 Å². The molecular weight excluding hydrogens is 528 g/mol. The number of hydrogen-bond acceptors (Lipinski definition) is 7. The Morgan fingerprint density at radius 1 is 0.951 bits per heavy atom. The number of carboxylic acid groups (broad SMARTS) is 2. The molecule has 2 heterocycles. The molecule has 0 atom stereocenters. The Kier molecular flexibility index (Phi) is 7.87. The summed E-state index contributed by atoms with van der Waals surface area (Å²) < 4.78 is 28.0. The van der Waals surface area contributed by atoms with Crippen molar-refractivity contribution in [2.24, 2.45) is 0 Å². The van der Waals surface area contributed by atoms with Gasteiger partial charge < -0.3 is 33.6 Å². The number of unbranched alkanes of at least 4 members (excludes halogenated alkanes) is 1. The van der Waals surface area contributed by atoms with Gasteiger partial charge >= 0.3 is 11.9 Å². The van der Waals surface area contributed by atoms with E-state index in [4.69, 9.17) is 23.4 Å². The average molecular weight is 559 g/mol. The summed E-state index contributed by atoms with van der Waals surface area (Å²) >= 11 is 0. The number of methoxy groups -OCH3 is 2. The van der Waals surface area contributed by atoms with Crippen LogP contribution in [0.15, 0.2) is 58.7 Å². The van der Waals surface area contributed by atoms with Crippen molar-refractivity contribution < 1.29 is 43.2 Å². The molecule has 0 aliphatic carbocycles. The zero-order valence-corrected chi connectivity index (χ0v) is 23.0. The molecule has 2 N–H and O–H groups in total. The van der Waals surface area contributed by atoms with Gasteiger partial charge in [-0.25, -0.2) is 9.59 Å². The lowest BCUT2D eigenvalue weighted by Gasteiger charge is -2.13. The van der Waals surface area contributed by atoms with Gasteiger partial charge in [0.15, 0.2) is 11.5 Å². The molecule has 9 heteroatoms. The van der Waals surface area contributed by atoms with E-state index in [1.54, 1.807) is 43.7 Å². The molecule has 9 nitrogen and oxygen atoms in total. The lowest BCUT2D eigenvalue weighted by atomic mass is 9.91. The van der Waals surface area contributed by atoms with Gasteiger partial charge in [-0.15, -0.1) is 0 Å². The highest BCUT2D eigenvalue weighted by atomic mass is 16.7. The molecule has 41 heavy (non-hydrogen) atoms. The van der Waals surface area contributed by atoms with Crippen LogP contribution in [0.3, 0.4) is 0 Å². The maximum Gasteiger partial charge on any atom is 0.335 e. The van der Waals surface area contributed by atoms with Crippen molar-refractivity contribution in [1.82, 2.24) is 0 Å². The largest absolute Gasteiger partial charge is 0.496 e. The van der Waals surface area contributed by atoms with Crippen LogP contribution in [0, 0.1) is 0 Å². The van der Waals surface area contributed by atoms with Gasteiger partial charge in [0.1, 0.15) is 17.3 Å². The Bertz CT molecular complexity index is 1660. The van der Waals surface area contributed by atoms with E-state index in [2.05, 4.69) is 6.92 Å². The van der Waals surface area contributed by atoms with E-state index in [1.807, 2.05) is 12.1 Å². The van der Waals surface area contributed by atoms with Gasteiger partial charge in [-0.05, 0) is 59.8 Å². The lowest BCUT2D eigenvalue weighted by molar-refractivity contribution is -0.132. The van der Waals surface area contributed by atoms with Gasteiger partial charge in [-0.1, -0.05) is 13.3 Å². The molecule has 0 radical (unpaired) electrons. The number of benzene rings is 3. The first-order chi connectivity index (χ1) is 19.8. The van der Waals surface area contributed by atoms with Gasteiger partial charge in [0.05, 0.1) is 26.0 Å². The van der Waals surface area contributed by atoms with Crippen LogP contribution in [0.5, 0.6) is 23.0 Å². The summed E-state index contributed by atoms with van der Waals surface area (Å²) in [4.78, 5) is 24.3. The molecule has 3 aromatic carbocycles.